The average molecular weight is 242 g/mol. The average Bonchev–Trinajstić information content (AvgIpc) is 2.39. The maximum atomic E-state index is 8.66. The number of oxime groups is 1. The first kappa shape index (κ1) is 14.3. The molecule has 1 aliphatic rings. The van der Waals surface area contributed by atoms with Crippen molar-refractivity contribution in [2.75, 3.05) is 26.2 Å². The van der Waals surface area contributed by atoms with Crippen molar-refractivity contribution in [2.45, 2.75) is 39.2 Å². The van der Waals surface area contributed by atoms with Crippen molar-refractivity contribution in [3.05, 3.63) is 0 Å². The third-order valence-corrected chi connectivity index (χ3v) is 3.69. The normalized spacial score (nSPS) is 21.6. The molecule has 0 radical (unpaired) electrons. The van der Waals surface area contributed by atoms with E-state index in [1.807, 2.05) is 6.92 Å². The number of rotatable bonds is 6. The van der Waals surface area contributed by atoms with Gasteiger partial charge in [0.25, 0.3) is 0 Å². The predicted molar refractivity (Wildman–Crippen MR) is 70.3 cm³/mol. The largest absolute Gasteiger partial charge is 0.409 e. The molecule has 100 valence electrons. The standard InChI is InChI=1S/C12H26N4O/c1-3-11(12(13)15-17)14-9-10-5-7-16(4-2)8-6-10/h10-11,14,17H,3-9H2,1-2H3,(H2,13,15). The first-order valence-corrected chi connectivity index (χ1v) is 6.64. The second-order valence-corrected chi connectivity index (χ2v) is 4.77. The highest BCUT2D eigenvalue weighted by atomic mass is 16.4. The number of amidine groups is 1. The Balaban J connectivity index is 2.26. The van der Waals surface area contributed by atoms with Crippen molar-refractivity contribution in [1.29, 1.82) is 0 Å². The third kappa shape index (κ3) is 4.52. The summed E-state index contributed by atoms with van der Waals surface area (Å²) in [6.07, 6.45) is 3.34. The molecule has 4 N–H and O–H groups in total. The lowest BCUT2D eigenvalue weighted by Gasteiger charge is -2.31. The van der Waals surface area contributed by atoms with Crippen molar-refractivity contribution >= 4 is 5.84 Å². The Kier molecular flexibility index (Phi) is 6.29. The number of hydrogen-bond acceptors (Lipinski definition) is 4. The molecule has 0 aromatic heterocycles. The summed E-state index contributed by atoms with van der Waals surface area (Å²) in [5, 5.41) is 15.1. The van der Waals surface area contributed by atoms with E-state index < -0.39 is 0 Å². The molecular formula is C12H26N4O. The lowest BCUT2D eigenvalue weighted by molar-refractivity contribution is 0.189. The zero-order chi connectivity index (χ0) is 12.7. The molecule has 1 unspecified atom stereocenters. The highest BCUT2D eigenvalue weighted by molar-refractivity contribution is 5.85. The molecule has 0 spiro atoms. The Morgan fingerprint density at radius 3 is 2.59 bits per heavy atom. The van der Waals surface area contributed by atoms with E-state index in [-0.39, 0.29) is 6.04 Å². The van der Waals surface area contributed by atoms with Gasteiger partial charge in [-0.1, -0.05) is 19.0 Å². The molecule has 0 amide bonds. The van der Waals surface area contributed by atoms with Crippen LogP contribution >= 0.6 is 0 Å². The van der Waals surface area contributed by atoms with Crippen LogP contribution in [0.1, 0.15) is 33.1 Å². The van der Waals surface area contributed by atoms with Crippen LogP contribution in [0.2, 0.25) is 0 Å². The summed E-state index contributed by atoms with van der Waals surface area (Å²) in [7, 11) is 0. The molecular weight excluding hydrogens is 216 g/mol. The van der Waals surface area contributed by atoms with Gasteiger partial charge in [-0.3, -0.25) is 0 Å². The van der Waals surface area contributed by atoms with Crippen LogP contribution in [0.5, 0.6) is 0 Å². The summed E-state index contributed by atoms with van der Waals surface area (Å²) in [5.74, 6) is 1.01. The summed E-state index contributed by atoms with van der Waals surface area (Å²) in [5.41, 5.74) is 5.62. The van der Waals surface area contributed by atoms with Crippen LogP contribution in [-0.2, 0) is 0 Å². The van der Waals surface area contributed by atoms with E-state index in [1.165, 1.54) is 25.9 Å². The minimum Gasteiger partial charge on any atom is -0.409 e. The molecule has 0 saturated carbocycles. The second kappa shape index (κ2) is 7.50. The topological polar surface area (TPSA) is 73.9 Å². The van der Waals surface area contributed by atoms with E-state index in [4.69, 9.17) is 10.9 Å². The Bertz CT molecular complexity index is 237. The van der Waals surface area contributed by atoms with E-state index in [1.54, 1.807) is 0 Å². The van der Waals surface area contributed by atoms with Gasteiger partial charge in [-0.05, 0) is 51.4 Å². The van der Waals surface area contributed by atoms with Gasteiger partial charge >= 0.3 is 0 Å². The molecule has 1 heterocycles. The van der Waals surface area contributed by atoms with Gasteiger partial charge in [0, 0.05) is 0 Å². The molecule has 5 heteroatoms. The van der Waals surface area contributed by atoms with Crippen LogP contribution in [0.3, 0.4) is 0 Å². The number of nitrogens with two attached hydrogens (primary N) is 1. The monoisotopic (exact) mass is 242 g/mol. The van der Waals surface area contributed by atoms with Gasteiger partial charge in [-0.15, -0.1) is 0 Å². The lowest BCUT2D eigenvalue weighted by Crippen LogP contribution is -2.45. The van der Waals surface area contributed by atoms with Crippen LogP contribution < -0.4 is 11.1 Å². The van der Waals surface area contributed by atoms with Crippen LogP contribution in [0, 0.1) is 5.92 Å². The summed E-state index contributed by atoms with van der Waals surface area (Å²) in [6.45, 7) is 8.76. The summed E-state index contributed by atoms with van der Waals surface area (Å²) in [4.78, 5) is 2.48. The van der Waals surface area contributed by atoms with Gasteiger partial charge in [0.1, 0.15) is 0 Å². The van der Waals surface area contributed by atoms with Crippen molar-refractivity contribution < 1.29 is 5.21 Å². The lowest BCUT2D eigenvalue weighted by atomic mass is 9.96. The van der Waals surface area contributed by atoms with Crippen LogP contribution in [0.15, 0.2) is 5.16 Å². The Morgan fingerprint density at radius 2 is 2.12 bits per heavy atom. The molecule has 1 aliphatic heterocycles. The molecule has 1 rings (SSSR count). The van der Waals surface area contributed by atoms with Gasteiger partial charge in [-0.25, -0.2) is 0 Å². The van der Waals surface area contributed by atoms with Crippen LogP contribution in [-0.4, -0.2) is 48.2 Å². The van der Waals surface area contributed by atoms with Crippen LogP contribution in [0.4, 0.5) is 0 Å². The molecule has 17 heavy (non-hydrogen) atoms. The van der Waals surface area contributed by atoms with E-state index in [0.717, 1.165) is 25.4 Å². The molecule has 0 aromatic carbocycles. The molecule has 5 nitrogen and oxygen atoms in total. The molecule has 0 aliphatic carbocycles. The van der Waals surface area contributed by atoms with E-state index >= 15 is 0 Å². The van der Waals surface area contributed by atoms with Gasteiger partial charge in [0.15, 0.2) is 5.84 Å². The SMILES string of the molecule is CCC(NCC1CCN(CC)CC1)C(N)=NO. The zero-order valence-corrected chi connectivity index (χ0v) is 11.0. The molecule has 0 aromatic rings. The molecule has 1 fully saturated rings. The fraction of sp³-hybridized carbons (Fsp3) is 0.917. The van der Waals surface area contributed by atoms with Crippen molar-refractivity contribution in [1.82, 2.24) is 10.2 Å². The first-order chi connectivity index (χ1) is 8.21. The molecule has 1 atom stereocenters. The minimum absolute atomic E-state index is 0.00389. The second-order valence-electron chi connectivity index (χ2n) is 4.77. The fourth-order valence-corrected chi connectivity index (χ4v) is 2.34. The zero-order valence-electron chi connectivity index (χ0n) is 11.0. The predicted octanol–water partition coefficient (Wildman–Crippen LogP) is 0.833. The first-order valence-electron chi connectivity index (χ1n) is 6.64. The molecule has 0 bridgehead atoms. The highest BCUT2D eigenvalue weighted by Crippen LogP contribution is 2.16. The van der Waals surface area contributed by atoms with Crippen molar-refractivity contribution in [3.63, 3.8) is 0 Å². The minimum atomic E-state index is 0.00389. The van der Waals surface area contributed by atoms with Crippen molar-refractivity contribution in [2.24, 2.45) is 16.8 Å². The van der Waals surface area contributed by atoms with E-state index in [9.17, 15) is 0 Å². The fourth-order valence-electron chi connectivity index (χ4n) is 2.34. The third-order valence-electron chi connectivity index (χ3n) is 3.69. The number of nitrogens with one attached hydrogen (secondary N) is 1. The van der Waals surface area contributed by atoms with Gasteiger partial charge in [-0.2, -0.15) is 0 Å². The quantitative estimate of drug-likeness (QED) is 0.279. The summed E-state index contributed by atoms with van der Waals surface area (Å²) in [6, 6.07) is 0.00389. The summed E-state index contributed by atoms with van der Waals surface area (Å²) < 4.78 is 0. The van der Waals surface area contributed by atoms with Gasteiger partial charge in [0.2, 0.25) is 0 Å². The van der Waals surface area contributed by atoms with Crippen molar-refractivity contribution in [3.8, 4) is 0 Å². The Labute approximate surface area is 104 Å². The number of piperidine rings is 1. The van der Waals surface area contributed by atoms with Crippen LogP contribution in [0.25, 0.3) is 0 Å². The summed E-state index contributed by atoms with van der Waals surface area (Å²) >= 11 is 0. The van der Waals surface area contributed by atoms with Gasteiger partial charge in [0.05, 0.1) is 6.04 Å². The van der Waals surface area contributed by atoms with E-state index in [2.05, 4.69) is 22.3 Å². The maximum Gasteiger partial charge on any atom is 0.156 e. The smallest absolute Gasteiger partial charge is 0.156 e. The number of likely N-dealkylation sites (tertiary alicyclic amines) is 1. The molecule has 1 saturated heterocycles. The number of hydrogen-bond donors (Lipinski definition) is 3. The Hall–Kier alpha value is -0.810. The Morgan fingerprint density at radius 1 is 1.47 bits per heavy atom. The highest BCUT2D eigenvalue weighted by Gasteiger charge is 2.19. The van der Waals surface area contributed by atoms with Gasteiger partial charge < -0.3 is 21.2 Å². The maximum absolute atomic E-state index is 8.66. The van der Waals surface area contributed by atoms with E-state index in [0.29, 0.717) is 5.84 Å². The number of nitrogens with zero attached hydrogens (tertiary/aromatic N) is 2.